The highest BCUT2D eigenvalue weighted by molar-refractivity contribution is 6.30. The van der Waals surface area contributed by atoms with Crippen molar-refractivity contribution in [3.63, 3.8) is 0 Å². The summed E-state index contributed by atoms with van der Waals surface area (Å²) in [6, 6.07) is 10.0. The van der Waals surface area contributed by atoms with E-state index in [9.17, 15) is 4.79 Å². The predicted octanol–water partition coefficient (Wildman–Crippen LogP) is 2.43. The summed E-state index contributed by atoms with van der Waals surface area (Å²) >= 11 is 6.11. The average Bonchev–Trinajstić information content (AvgIpc) is 3.13. The van der Waals surface area contributed by atoms with Gasteiger partial charge < -0.3 is 14.8 Å². The van der Waals surface area contributed by atoms with Crippen molar-refractivity contribution in [1.82, 2.24) is 19.5 Å². The Kier molecular flexibility index (Phi) is 6.88. The Bertz CT molecular complexity index is 1030. The average molecular weight is 432 g/mol. The summed E-state index contributed by atoms with van der Waals surface area (Å²) < 4.78 is 12.7. The van der Waals surface area contributed by atoms with E-state index in [2.05, 4.69) is 32.5 Å². The molecule has 2 aromatic heterocycles. The molecule has 2 N–H and O–H groups in total. The van der Waals surface area contributed by atoms with Gasteiger partial charge in [0.05, 0.1) is 23.9 Å². The second-order valence-corrected chi connectivity index (χ2v) is 7.71. The molecule has 30 heavy (non-hydrogen) atoms. The number of nitrogens with zero attached hydrogens (tertiary/aromatic N) is 3. The number of anilines is 1. The van der Waals surface area contributed by atoms with E-state index in [0.717, 1.165) is 63.7 Å². The minimum absolute atomic E-state index is 0.305. The molecule has 3 aromatic rings. The van der Waals surface area contributed by atoms with E-state index in [1.807, 2.05) is 12.1 Å². The van der Waals surface area contributed by atoms with Crippen molar-refractivity contribution in [1.29, 1.82) is 0 Å². The number of hydrogen-bond donors (Lipinski definition) is 2. The zero-order valence-corrected chi connectivity index (χ0v) is 17.5. The highest BCUT2D eigenvalue weighted by Crippen LogP contribution is 2.20. The molecule has 0 aliphatic carbocycles. The first-order valence-corrected chi connectivity index (χ1v) is 10.6. The van der Waals surface area contributed by atoms with Crippen LogP contribution in [-0.2, 0) is 11.2 Å². The number of fused-ring (bicyclic) bond motifs is 1. The Morgan fingerprint density at radius 3 is 3.00 bits per heavy atom. The smallest absolute Gasteiger partial charge is 0.347 e. The molecule has 8 nitrogen and oxygen atoms in total. The third-order valence-electron chi connectivity index (χ3n) is 5.12. The van der Waals surface area contributed by atoms with Gasteiger partial charge in [-0.15, -0.1) is 0 Å². The van der Waals surface area contributed by atoms with Crippen LogP contribution in [0.5, 0.6) is 5.75 Å². The molecule has 0 radical (unpaired) electrons. The molecule has 160 valence electrons. The van der Waals surface area contributed by atoms with Crippen molar-refractivity contribution in [2.75, 3.05) is 51.3 Å². The Hall–Kier alpha value is -2.55. The monoisotopic (exact) mass is 431 g/mol. The van der Waals surface area contributed by atoms with Gasteiger partial charge in [0, 0.05) is 32.4 Å². The number of rotatable bonds is 9. The minimum atomic E-state index is -0.305. The summed E-state index contributed by atoms with van der Waals surface area (Å²) in [4.78, 5) is 14.1. The normalized spacial score (nSPS) is 14.8. The van der Waals surface area contributed by atoms with Crippen molar-refractivity contribution in [2.45, 2.75) is 12.8 Å². The number of H-pyrrole nitrogens is 1. The van der Waals surface area contributed by atoms with Crippen molar-refractivity contribution in [2.24, 2.45) is 0 Å². The first-order chi connectivity index (χ1) is 14.7. The minimum Gasteiger partial charge on any atom is -0.492 e. The molecule has 1 aliphatic rings. The molecular formula is C21H26ClN5O3. The van der Waals surface area contributed by atoms with E-state index in [0.29, 0.717) is 17.3 Å². The lowest BCUT2D eigenvalue weighted by molar-refractivity contribution is 0.0322. The Labute approximate surface area is 179 Å². The highest BCUT2D eigenvalue weighted by atomic mass is 35.5. The first-order valence-electron chi connectivity index (χ1n) is 10.2. The molecular weight excluding hydrogens is 406 g/mol. The van der Waals surface area contributed by atoms with E-state index in [4.69, 9.17) is 21.1 Å². The van der Waals surface area contributed by atoms with Gasteiger partial charge in [-0.25, -0.2) is 14.3 Å². The van der Waals surface area contributed by atoms with Gasteiger partial charge in [0.25, 0.3) is 0 Å². The molecule has 1 saturated heterocycles. The lowest BCUT2D eigenvalue weighted by Gasteiger charge is -2.26. The first kappa shape index (κ1) is 20.7. The van der Waals surface area contributed by atoms with Gasteiger partial charge in [-0.2, -0.15) is 5.10 Å². The molecule has 3 heterocycles. The number of ether oxygens (including phenoxy) is 2. The second kappa shape index (κ2) is 9.97. The zero-order valence-electron chi connectivity index (χ0n) is 16.8. The Morgan fingerprint density at radius 2 is 2.13 bits per heavy atom. The molecule has 0 unspecified atom stereocenters. The summed E-state index contributed by atoms with van der Waals surface area (Å²) in [6.45, 7) is 5.90. The van der Waals surface area contributed by atoms with Gasteiger partial charge in [-0.05, 0) is 36.6 Å². The molecule has 1 fully saturated rings. The van der Waals surface area contributed by atoms with E-state index in [1.165, 1.54) is 9.96 Å². The van der Waals surface area contributed by atoms with Crippen LogP contribution in [0.15, 0.2) is 41.3 Å². The fourth-order valence-electron chi connectivity index (χ4n) is 3.53. The predicted molar refractivity (Wildman–Crippen MR) is 117 cm³/mol. The number of halogens is 1. The Morgan fingerprint density at radius 1 is 1.27 bits per heavy atom. The van der Waals surface area contributed by atoms with E-state index in [1.54, 1.807) is 12.3 Å². The van der Waals surface area contributed by atoms with E-state index >= 15 is 0 Å². The summed E-state index contributed by atoms with van der Waals surface area (Å²) in [7, 11) is 0. The molecule has 1 aromatic carbocycles. The SMILES string of the molecule is O=c1[nH]nc2c(NCCCc3cccc(OCCN4CCOCC4)c3)cc(Cl)cn12. The van der Waals surface area contributed by atoms with Crippen LogP contribution < -0.4 is 15.7 Å². The quantitative estimate of drug-likeness (QED) is 0.506. The molecule has 0 atom stereocenters. The van der Waals surface area contributed by atoms with Gasteiger partial charge in [0.1, 0.15) is 12.4 Å². The van der Waals surface area contributed by atoms with Crippen LogP contribution in [0.4, 0.5) is 5.69 Å². The molecule has 0 spiro atoms. The molecule has 9 heteroatoms. The lowest BCUT2D eigenvalue weighted by atomic mass is 10.1. The summed E-state index contributed by atoms with van der Waals surface area (Å²) in [5.74, 6) is 0.904. The number of hydrogen-bond acceptors (Lipinski definition) is 6. The molecule has 1 aliphatic heterocycles. The number of pyridine rings is 1. The van der Waals surface area contributed by atoms with Crippen molar-refractivity contribution in [3.8, 4) is 5.75 Å². The van der Waals surface area contributed by atoms with Crippen LogP contribution in [0.25, 0.3) is 5.65 Å². The van der Waals surface area contributed by atoms with Crippen LogP contribution in [0.1, 0.15) is 12.0 Å². The standard InChI is InChI=1S/C21H26ClN5O3/c22-17-14-19(20-24-25-21(28)27(20)15-17)23-6-2-4-16-3-1-5-18(13-16)30-12-9-26-7-10-29-11-8-26/h1,3,5,13-15,23H,2,4,6-12H2,(H,25,28). The topological polar surface area (TPSA) is 83.9 Å². The number of nitrogens with one attached hydrogen (secondary N) is 2. The lowest BCUT2D eigenvalue weighted by Crippen LogP contribution is -2.38. The number of aromatic nitrogens is 3. The summed E-state index contributed by atoms with van der Waals surface area (Å²) in [5, 5.41) is 10.3. The van der Waals surface area contributed by atoms with Gasteiger partial charge in [-0.1, -0.05) is 23.7 Å². The molecule has 0 bridgehead atoms. The van der Waals surface area contributed by atoms with Crippen molar-refractivity contribution < 1.29 is 9.47 Å². The highest BCUT2D eigenvalue weighted by Gasteiger charge is 2.10. The maximum Gasteiger partial charge on any atom is 0.347 e. The van der Waals surface area contributed by atoms with Crippen molar-refractivity contribution in [3.05, 3.63) is 57.6 Å². The van der Waals surface area contributed by atoms with Crippen LogP contribution in [0.2, 0.25) is 5.02 Å². The number of aromatic amines is 1. The third kappa shape index (κ3) is 5.33. The van der Waals surface area contributed by atoms with Crippen molar-refractivity contribution >= 4 is 22.9 Å². The molecule has 4 rings (SSSR count). The van der Waals surface area contributed by atoms with E-state index < -0.39 is 0 Å². The maximum absolute atomic E-state index is 11.7. The third-order valence-corrected chi connectivity index (χ3v) is 5.32. The van der Waals surface area contributed by atoms with Gasteiger partial charge >= 0.3 is 5.69 Å². The maximum atomic E-state index is 11.7. The second-order valence-electron chi connectivity index (χ2n) is 7.27. The summed E-state index contributed by atoms with van der Waals surface area (Å²) in [5.41, 5.74) is 2.20. The van der Waals surface area contributed by atoms with Crippen LogP contribution in [0.3, 0.4) is 0 Å². The van der Waals surface area contributed by atoms with E-state index in [-0.39, 0.29) is 5.69 Å². The van der Waals surface area contributed by atoms with Crippen LogP contribution in [-0.4, -0.2) is 65.5 Å². The van der Waals surface area contributed by atoms with Gasteiger partial charge in [-0.3, -0.25) is 4.90 Å². The van der Waals surface area contributed by atoms with Gasteiger partial charge in [0.2, 0.25) is 0 Å². The zero-order chi connectivity index (χ0) is 20.8. The fourth-order valence-corrected chi connectivity index (χ4v) is 3.74. The number of benzene rings is 1. The van der Waals surface area contributed by atoms with Gasteiger partial charge in [0.15, 0.2) is 5.65 Å². The Balaban J connectivity index is 1.24. The van der Waals surface area contributed by atoms with Crippen LogP contribution in [0, 0.1) is 0 Å². The van der Waals surface area contributed by atoms with Crippen LogP contribution >= 0.6 is 11.6 Å². The largest absolute Gasteiger partial charge is 0.492 e. The fraction of sp³-hybridized carbons (Fsp3) is 0.429. The summed E-state index contributed by atoms with van der Waals surface area (Å²) in [6.07, 6.45) is 3.39. The molecule has 0 amide bonds. The number of morpholine rings is 1. The molecule has 0 saturated carbocycles. The number of aryl methyl sites for hydroxylation is 1.